The highest BCUT2D eigenvalue weighted by atomic mass is 35.5. The van der Waals surface area contributed by atoms with Gasteiger partial charge in [0.05, 0.1) is 11.1 Å². The molecular formula is C20H16ClNO4. The molecule has 1 spiro atoms. The van der Waals surface area contributed by atoms with Crippen LogP contribution in [0, 0.1) is 0 Å². The Bertz CT molecular complexity index is 930. The number of ketones is 2. The standard InChI is InChI=1S/C20H16ClNO4/c21-10-7-8-11-12(9-10)22-19(25)20(11)17-13(23)3-1-5-15(17)26-16-6-2-4-14(24)18(16)20/h7-9H,1-6H2,(H,22,25). The summed E-state index contributed by atoms with van der Waals surface area (Å²) < 4.78 is 6.02. The lowest BCUT2D eigenvalue weighted by Crippen LogP contribution is -2.48. The molecular weight excluding hydrogens is 354 g/mol. The topological polar surface area (TPSA) is 72.5 Å². The van der Waals surface area contributed by atoms with Crippen LogP contribution in [0.5, 0.6) is 0 Å². The van der Waals surface area contributed by atoms with Gasteiger partial charge in [0.2, 0.25) is 5.91 Å². The number of amides is 1. The zero-order chi connectivity index (χ0) is 18.1. The van der Waals surface area contributed by atoms with Crippen molar-refractivity contribution < 1.29 is 19.1 Å². The van der Waals surface area contributed by atoms with Gasteiger partial charge in [0.15, 0.2) is 11.6 Å². The van der Waals surface area contributed by atoms with E-state index in [4.69, 9.17) is 16.3 Å². The monoisotopic (exact) mass is 369 g/mol. The first-order valence-corrected chi connectivity index (χ1v) is 9.24. The Morgan fingerprint density at radius 2 is 1.54 bits per heavy atom. The summed E-state index contributed by atoms with van der Waals surface area (Å²) in [7, 11) is 0. The molecule has 0 fully saturated rings. The molecule has 0 unspecified atom stereocenters. The molecule has 1 aromatic carbocycles. The third kappa shape index (κ3) is 1.84. The smallest absolute Gasteiger partial charge is 0.244 e. The van der Waals surface area contributed by atoms with Gasteiger partial charge in [-0.2, -0.15) is 0 Å². The summed E-state index contributed by atoms with van der Waals surface area (Å²) in [5.41, 5.74) is 0.478. The predicted octanol–water partition coefficient (Wildman–Crippen LogP) is 3.57. The van der Waals surface area contributed by atoms with Crippen LogP contribution in [0.15, 0.2) is 40.9 Å². The van der Waals surface area contributed by atoms with Crippen LogP contribution >= 0.6 is 11.6 Å². The fraction of sp³-hybridized carbons (Fsp3) is 0.350. The van der Waals surface area contributed by atoms with Gasteiger partial charge in [-0.05, 0) is 25.0 Å². The van der Waals surface area contributed by atoms with E-state index in [9.17, 15) is 14.4 Å². The summed E-state index contributed by atoms with van der Waals surface area (Å²) in [4.78, 5) is 39.2. The molecule has 1 amide bonds. The lowest BCUT2D eigenvalue weighted by molar-refractivity contribution is -0.125. The fourth-order valence-corrected chi connectivity index (χ4v) is 4.90. The molecule has 0 radical (unpaired) electrons. The number of Topliss-reactive ketones (excluding diaryl/α,β-unsaturated/α-hetero) is 2. The SMILES string of the molecule is O=C1CCCC2=C1C1(C(=O)Nc3cc(Cl)ccc31)C1=C(CCCC1=O)O2. The van der Waals surface area contributed by atoms with E-state index < -0.39 is 5.41 Å². The van der Waals surface area contributed by atoms with Gasteiger partial charge in [-0.3, -0.25) is 14.4 Å². The summed E-state index contributed by atoms with van der Waals surface area (Å²) in [6, 6.07) is 5.11. The highest BCUT2D eigenvalue weighted by Crippen LogP contribution is 2.56. The van der Waals surface area contributed by atoms with E-state index in [1.807, 2.05) is 0 Å². The number of hydrogen-bond acceptors (Lipinski definition) is 4. The molecule has 1 N–H and O–H groups in total. The minimum Gasteiger partial charge on any atom is -0.465 e. The van der Waals surface area contributed by atoms with E-state index in [1.165, 1.54) is 0 Å². The van der Waals surface area contributed by atoms with E-state index >= 15 is 0 Å². The van der Waals surface area contributed by atoms with Gasteiger partial charge in [0.25, 0.3) is 0 Å². The van der Waals surface area contributed by atoms with Crippen molar-refractivity contribution in [3.63, 3.8) is 0 Å². The minimum atomic E-state index is -1.39. The second kappa shape index (κ2) is 5.30. The molecule has 0 bridgehead atoms. The number of fused-ring (bicyclic) bond motifs is 4. The quantitative estimate of drug-likeness (QED) is 0.758. The number of hydrogen-bond donors (Lipinski definition) is 1. The molecule has 0 saturated heterocycles. The molecule has 0 atom stereocenters. The van der Waals surface area contributed by atoms with Gasteiger partial charge in [0.1, 0.15) is 16.9 Å². The first kappa shape index (κ1) is 15.8. The van der Waals surface area contributed by atoms with Crippen LogP contribution in [0.3, 0.4) is 0 Å². The molecule has 6 heteroatoms. The van der Waals surface area contributed by atoms with Gasteiger partial charge in [-0.25, -0.2) is 0 Å². The first-order valence-electron chi connectivity index (χ1n) is 8.86. The van der Waals surface area contributed by atoms with Crippen molar-refractivity contribution in [3.05, 3.63) is 51.4 Å². The average molecular weight is 370 g/mol. The van der Waals surface area contributed by atoms with Crippen LogP contribution in [0.1, 0.15) is 44.1 Å². The molecule has 26 heavy (non-hydrogen) atoms. The Morgan fingerprint density at radius 3 is 2.15 bits per heavy atom. The fourth-order valence-electron chi connectivity index (χ4n) is 4.73. The predicted molar refractivity (Wildman–Crippen MR) is 94.6 cm³/mol. The summed E-state index contributed by atoms with van der Waals surface area (Å²) in [5, 5.41) is 3.34. The summed E-state index contributed by atoms with van der Waals surface area (Å²) in [6.45, 7) is 0. The number of anilines is 1. The normalized spacial score (nSPS) is 23.5. The van der Waals surface area contributed by atoms with Gasteiger partial charge in [-0.1, -0.05) is 17.7 Å². The zero-order valence-electron chi connectivity index (χ0n) is 14.0. The Hall–Kier alpha value is -2.40. The summed E-state index contributed by atoms with van der Waals surface area (Å²) >= 11 is 6.10. The van der Waals surface area contributed by atoms with E-state index in [2.05, 4.69) is 5.32 Å². The zero-order valence-corrected chi connectivity index (χ0v) is 14.7. The molecule has 2 heterocycles. The summed E-state index contributed by atoms with van der Waals surface area (Å²) in [6.07, 6.45) is 3.31. The van der Waals surface area contributed by atoms with Crippen LogP contribution in [-0.2, 0) is 24.5 Å². The van der Waals surface area contributed by atoms with E-state index in [-0.39, 0.29) is 17.5 Å². The highest BCUT2D eigenvalue weighted by molar-refractivity contribution is 6.31. The molecule has 2 aliphatic carbocycles. The van der Waals surface area contributed by atoms with Crippen molar-refractivity contribution in [3.8, 4) is 0 Å². The van der Waals surface area contributed by atoms with Crippen molar-refractivity contribution in [1.29, 1.82) is 0 Å². The van der Waals surface area contributed by atoms with E-state index in [0.717, 1.165) is 0 Å². The Kier molecular flexibility index (Phi) is 3.23. The third-order valence-electron chi connectivity index (χ3n) is 5.70. The lowest BCUT2D eigenvalue weighted by atomic mass is 9.62. The van der Waals surface area contributed by atoms with Crippen LogP contribution in [0.2, 0.25) is 5.02 Å². The van der Waals surface area contributed by atoms with E-state index in [0.29, 0.717) is 77.5 Å². The Morgan fingerprint density at radius 1 is 0.923 bits per heavy atom. The average Bonchev–Trinajstić information content (AvgIpc) is 2.87. The van der Waals surface area contributed by atoms with Gasteiger partial charge >= 0.3 is 0 Å². The number of benzene rings is 1. The maximum absolute atomic E-state index is 13.3. The number of halogens is 1. The highest BCUT2D eigenvalue weighted by Gasteiger charge is 2.61. The molecule has 5 nitrogen and oxygen atoms in total. The number of carbonyl (C=O) groups is 3. The van der Waals surface area contributed by atoms with Crippen LogP contribution in [0.25, 0.3) is 0 Å². The minimum absolute atomic E-state index is 0.117. The van der Waals surface area contributed by atoms with Crippen molar-refractivity contribution in [2.24, 2.45) is 0 Å². The maximum Gasteiger partial charge on any atom is 0.244 e. The van der Waals surface area contributed by atoms with Gasteiger partial charge in [-0.15, -0.1) is 0 Å². The van der Waals surface area contributed by atoms with Crippen molar-refractivity contribution in [2.45, 2.75) is 43.9 Å². The molecule has 4 aliphatic rings. The molecule has 1 aromatic rings. The number of carbonyl (C=O) groups excluding carboxylic acids is 3. The largest absolute Gasteiger partial charge is 0.465 e. The number of nitrogens with one attached hydrogen (secondary N) is 1. The van der Waals surface area contributed by atoms with Crippen molar-refractivity contribution in [1.82, 2.24) is 0 Å². The van der Waals surface area contributed by atoms with Crippen molar-refractivity contribution >= 4 is 34.8 Å². The molecule has 2 aliphatic heterocycles. The van der Waals surface area contributed by atoms with E-state index in [1.54, 1.807) is 18.2 Å². The second-order valence-corrected chi connectivity index (χ2v) is 7.58. The molecule has 0 saturated carbocycles. The molecule has 5 rings (SSSR count). The Labute approximate surface area is 155 Å². The van der Waals surface area contributed by atoms with Crippen LogP contribution in [0.4, 0.5) is 5.69 Å². The van der Waals surface area contributed by atoms with Gasteiger partial charge in [0, 0.05) is 42.0 Å². The van der Waals surface area contributed by atoms with Gasteiger partial charge < -0.3 is 10.1 Å². The van der Waals surface area contributed by atoms with Crippen LogP contribution in [-0.4, -0.2) is 17.5 Å². The van der Waals surface area contributed by atoms with Crippen molar-refractivity contribution in [2.75, 3.05) is 5.32 Å². The maximum atomic E-state index is 13.3. The molecule has 0 aromatic heterocycles. The Balaban J connectivity index is 1.89. The number of allylic oxidation sites excluding steroid dienone is 2. The number of ether oxygens (including phenoxy) is 1. The second-order valence-electron chi connectivity index (χ2n) is 7.15. The first-order chi connectivity index (χ1) is 12.5. The summed E-state index contributed by atoms with van der Waals surface area (Å²) in [5.74, 6) is 0.507. The van der Waals surface area contributed by atoms with Crippen LogP contribution < -0.4 is 5.32 Å². The number of rotatable bonds is 0. The third-order valence-corrected chi connectivity index (χ3v) is 5.94. The lowest BCUT2D eigenvalue weighted by Gasteiger charge is -2.41. The molecule has 132 valence electrons.